The predicted octanol–water partition coefficient (Wildman–Crippen LogP) is 5.88. The van der Waals surface area contributed by atoms with Crippen LogP contribution in [0.5, 0.6) is 0 Å². The van der Waals surface area contributed by atoms with Crippen LogP contribution >= 0.6 is 0 Å². The Labute approximate surface area is 196 Å². The van der Waals surface area contributed by atoms with Crippen molar-refractivity contribution in [2.24, 2.45) is 0 Å². The molecule has 0 N–H and O–H groups in total. The van der Waals surface area contributed by atoms with Gasteiger partial charge in [0, 0.05) is 29.9 Å². The standard InChI is InChI=1S/C29H21N4O/c1-2-32-19-24(22-15-16-25-23(18-22)14-9-17-30-25)29(34)33-28(32)26(20-10-5-3-6-11-20)27(31-33)21-12-7-4-8-13-21/h3-19H,1-2H2. The van der Waals surface area contributed by atoms with Crippen LogP contribution in [0.25, 0.3) is 50.1 Å². The van der Waals surface area contributed by atoms with Gasteiger partial charge >= 0.3 is 0 Å². The molecule has 3 heterocycles. The van der Waals surface area contributed by atoms with Gasteiger partial charge in [-0.15, -0.1) is 0 Å². The van der Waals surface area contributed by atoms with Crippen LogP contribution in [0.1, 0.15) is 0 Å². The maximum atomic E-state index is 13.8. The largest absolute Gasteiger partial charge is 0.331 e. The minimum atomic E-state index is -0.165. The van der Waals surface area contributed by atoms with Crippen molar-refractivity contribution >= 4 is 16.6 Å². The first-order valence-electron chi connectivity index (χ1n) is 11.2. The fourth-order valence-electron chi connectivity index (χ4n) is 4.48. The molecular weight excluding hydrogens is 420 g/mol. The highest BCUT2D eigenvalue weighted by atomic mass is 16.1. The van der Waals surface area contributed by atoms with Gasteiger partial charge in [-0.3, -0.25) is 9.78 Å². The Kier molecular flexibility index (Phi) is 4.81. The average Bonchev–Trinajstić information content (AvgIpc) is 3.31. The third-order valence-corrected chi connectivity index (χ3v) is 6.11. The molecule has 0 amide bonds. The second kappa shape index (κ2) is 8.12. The highest BCUT2D eigenvalue weighted by molar-refractivity contribution is 5.91. The lowest BCUT2D eigenvalue weighted by atomic mass is 10.0. The third-order valence-electron chi connectivity index (χ3n) is 6.11. The number of pyridine rings is 1. The molecule has 5 nitrogen and oxygen atoms in total. The molecule has 0 atom stereocenters. The Morgan fingerprint density at radius 3 is 2.26 bits per heavy atom. The first-order valence-corrected chi connectivity index (χ1v) is 11.2. The number of benzene rings is 3. The Morgan fingerprint density at radius 1 is 0.794 bits per heavy atom. The molecule has 34 heavy (non-hydrogen) atoms. The summed E-state index contributed by atoms with van der Waals surface area (Å²) >= 11 is 0. The number of aromatic nitrogens is 4. The van der Waals surface area contributed by atoms with E-state index in [4.69, 9.17) is 5.10 Å². The van der Waals surface area contributed by atoms with Gasteiger partial charge in [-0.05, 0) is 36.2 Å². The van der Waals surface area contributed by atoms with Crippen LogP contribution in [0.3, 0.4) is 0 Å². The normalized spacial score (nSPS) is 11.3. The van der Waals surface area contributed by atoms with Gasteiger partial charge in [0.05, 0.1) is 16.6 Å². The monoisotopic (exact) mass is 441 g/mol. The van der Waals surface area contributed by atoms with Gasteiger partial charge in [0.15, 0.2) is 0 Å². The Hall–Kier alpha value is -4.51. The van der Waals surface area contributed by atoms with E-state index in [2.05, 4.69) is 11.9 Å². The van der Waals surface area contributed by atoms with Gasteiger partial charge < -0.3 is 4.57 Å². The fourth-order valence-corrected chi connectivity index (χ4v) is 4.48. The van der Waals surface area contributed by atoms with Gasteiger partial charge in [-0.25, -0.2) is 0 Å². The quantitative estimate of drug-likeness (QED) is 0.343. The molecule has 0 unspecified atom stereocenters. The van der Waals surface area contributed by atoms with Crippen molar-refractivity contribution in [2.45, 2.75) is 6.54 Å². The van der Waals surface area contributed by atoms with E-state index in [0.29, 0.717) is 12.1 Å². The molecule has 0 aliphatic rings. The fraction of sp³-hybridized carbons (Fsp3) is 0.0345. The molecule has 0 aliphatic carbocycles. The third kappa shape index (κ3) is 3.21. The number of fused-ring (bicyclic) bond motifs is 2. The van der Waals surface area contributed by atoms with E-state index in [9.17, 15) is 4.79 Å². The molecule has 163 valence electrons. The number of hydrogen-bond donors (Lipinski definition) is 0. The summed E-state index contributed by atoms with van der Waals surface area (Å²) < 4.78 is 3.53. The van der Waals surface area contributed by atoms with Crippen molar-refractivity contribution in [3.63, 3.8) is 0 Å². The van der Waals surface area contributed by atoms with Crippen molar-refractivity contribution < 1.29 is 0 Å². The summed E-state index contributed by atoms with van der Waals surface area (Å²) in [6.07, 6.45) is 3.66. The summed E-state index contributed by atoms with van der Waals surface area (Å²) in [5, 5.41) is 5.84. The summed E-state index contributed by atoms with van der Waals surface area (Å²) in [5.74, 6) is 0. The highest BCUT2D eigenvalue weighted by Gasteiger charge is 2.22. The molecule has 3 aromatic heterocycles. The van der Waals surface area contributed by atoms with E-state index < -0.39 is 0 Å². The highest BCUT2D eigenvalue weighted by Crippen LogP contribution is 2.35. The molecule has 0 spiro atoms. The number of hydrogen-bond acceptors (Lipinski definition) is 3. The van der Waals surface area contributed by atoms with E-state index in [1.54, 1.807) is 6.20 Å². The molecule has 6 aromatic rings. The van der Waals surface area contributed by atoms with Gasteiger partial charge in [0.1, 0.15) is 11.3 Å². The lowest BCUT2D eigenvalue weighted by molar-refractivity contribution is 0.780. The minimum absolute atomic E-state index is 0.165. The first kappa shape index (κ1) is 20.1. The minimum Gasteiger partial charge on any atom is -0.331 e. The maximum Gasteiger partial charge on any atom is 0.282 e. The van der Waals surface area contributed by atoms with Crippen molar-refractivity contribution in [1.82, 2.24) is 19.2 Å². The molecule has 0 aliphatic heterocycles. The topological polar surface area (TPSA) is 52.2 Å². The summed E-state index contributed by atoms with van der Waals surface area (Å²) in [7, 11) is 0. The SMILES string of the molecule is [CH2]Cn1cc(-c2ccc3ncccc3c2)c(=O)n2nc(-c3ccccc3)c(-c3ccccc3)c12. The zero-order valence-corrected chi connectivity index (χ0v) is 18.4. The molecule has 6 rings (SSSR count). The van der Waals surface area contributed by atoms with Gasteiger partial charge in [-0.2, -0.15) is 9.61 Å². The maximum absolute atomic E-state index is 13.8. The number of rotatable bonds is 4. The van der Waals surface area contributed by atoms with Crippen LogP contribution in [0.4, 0.5) is 0 Å². The van der Waals surface area contributed by atoms with Crippen LogP contribution in [0.2, 0.25) is 0 Å². The van der Waals surface area contributed by atoms with E-state index in [1.807, 2.05) is 102 Å². The van der Waals surface area contributed by atoms with E-state index >= 15 is 0 Å². The van der Waals surface area contributed by atoms with Crippen LogP contribution in [-0.2, 0) is 6.54 Å². The van der Waals surface area contributed by atoms with Crippen molar-refractivity contribution in [3.8, 4) is 33.5 Å². The molecule has 5 heteroatoms. The van der Waals surface area contributed by atoms with E-state index in [0.717, 1.165) is 44.5 Å². The summed E-state index contributed by atoms with van der Waals surface area (Å²) in [6.45, 7) is 4.60. The smallest absolute Gasteiger partial charge is 0.282 e. The molecule has 0 bridgehead atoms. The zero-order valence-electron chi connectivity index (χ0n) is 18.4. The van der Waals surface area contributed by atoms with Crippen LogP contribution in [0, 0.1) is 6.92 Å². The average molecular weight is 442 g/mol. The Bertz CT molecular complexity index is 1700. The first-order chi connectivity index (χ1) is 16.7. The summed E-state index contributed by atoms with van der Waals surface area (Å²) in [4.78, 5) is 18.2. The van der Waals surface area contributed by atoms with Crippen LogP contribution < -0.4 is 5.56 Å². The molecule has 0 fully saturated rings. The predicted molar refractivity (Wildman–Crippen MR) is 136 cm³/mol. The van der Waals surface area contributed by atoms with E-state index in [-0.39, 0.29) is 5.56 Å². The van der Waals surface area contributed by atoms with Gasteiger partial charge in [-0.1, -0.05) is 72.8 Å². The van der Waals surface area contributed by atoms with E-state index in [1.165, 1.54) is 4.52 Å². The lowest BCUT2D eigenvalue weighted by Crippen LogP contribution is -2.20. The second-order valence-electron chi connectivity index (χ2n) is 8.14. The van der Waals surface area contributed by atoms with Crippen LogP contribution in [0.15, 0.2) is 108 Å². The Morgan fingerprint density at radius 2 is 1.53 bits per heavy atom. The number of nitrogens with zero attached hydrogens (tertiary/aromatic N) is 4. The van der Waals surface area contributed by atoms with Gasteiger partial charge in [0.25, 0.3) is 5.56 Å². The van der Waals surface area contributed by atoms with Gasteiger partial charge in [0.2, 0.25) is 0 Å². The van der Waals surface area contributed by atoms with Crippen molar-refractivity contribution in [1.29, 1.82) is 0 Å². The molecule has 0 saturated carbocycles. The second-order valence-corrected chi connectivity index (χ2v) is 8.14. The zero-order chi connectivity index (χ0) is 23.1. The van der Waals surface area contributed by atoms with Crippen molar-refractivity contribution in [3.05, 3.63) is 121 Å². The summed E-state index contributed by atoms with van der Waals surface area (Å²) in [5.41, 5.74) is 6.50. The van der Waals surface area contributed by atoms with Crippen molar-refractivity contribution in [2.75, 3.05) is 0 Å². The molecule has 1 radical (unpaired) electrons. The molecule has 3 aromatic carbocycles. The summed E-state index contributed by atoms with van der Waals surface area (Å²) in [6, 6.07) is 29.8. The molecular formula is C29H21N4O. The van der Waals surface area contributed by atoms with Crippen LogP contribution in [-0.4, -0.2) is 19.2 Å². The molecule has 0 saturated heterocycles. The Balaban J connectivity index is 1.69. The lowest BCUT2D eigenvalue weighted by Gasteiger charge is -2.12.